The van der Waals surface area contributed by atoms with E-state index in [-0.39, 0.29) is 17.4 Å². The number of hydrogen-bond acceptors (Lipinski definition) is 3. The summed E-state index contributed by atoms with van der Waals surface area (Å²) in [6, 6.07) is -0.411. The van der Waals surface area contributed by atoms with Crippen LogP contribution in [0.2, 0.25) is 0 Å². The fourth-order valence-corrected chi connectivity index (χ4v) is 4.37. The Bertz CT molecular complexity index is 383. The molecule has 4 nitrogen and oxygen atoms in total. The van der Waals surface area contributed by atoms with E-state index in [9.17, 15) is 4.79 Å². The van der Waals surface area contributed by atoms with Gasteiger partial charge in [0.1, 0.15) is 6.04 Å². The zero-order chi connectivity index (χ0) is 14.0. The molecule has 1 spiro atoms. The Morgan fingerprint density at radius 2 is 2.32 bits per heavy atom. The molecule has 0 radical (unpaired) electrons. The first-order valence-corrected chi connectivity index (χ1v) is 8.18. The maximum Gasteiger partial charge on any atom is 0.242 e. The maximum atomic E-state index is 11.4. The third-order valence-corrected chi connectivity index (χ3v) is 5.31. The van der Waals surface area contributed by atoms with Gasteiger partial charge in [0.15, 0.2) is 5.17 Å². The molecule has 0 aromatic rings. The number of amidine groups is 1. The van der Waals surface area contributed by atoms with Gasteiger partial charge in [-0.2, -0.15) is 0 Å². The van der Waals surface area contributed by atoms with E-state index in [0.717, 1.165) is 16.8 Å². The Hall–Kier alpha value is -0.710. The first-order chi connectivity index (χ1) is 8.92. The number of nitrogens with one attached hydrogen (secondary N) is 1. The van der Waals surface area contributed by atoms with Crippen LogP contribution in [-0.4, -0.2) is 28.4 Å². The van der Waals surface area contributed by atoms with Crippen LogP contribution in [0.25, 0.3) is 0 Å². The molecule has 0 aromatic carbocycles. The molecule has 1 saturated carbocycles. The van der Waals surface area contributed by atoms with Gasteiger partial charge >= 0.3 is 0 Å². The predicted molar refractivity (Wildman–Crippen MR) is 81.2 cm³/mol. The van der Waals surface area contributed by atoms with E-state index < -0.39 is 6.04 Å². The lowest BCUT2D eigenvalue weighted by Crippen LogP contribution is -2.47. The van der Waals surface area contributed by atoms with E-state index in [1.165, 1.54) is 25.7 Å². The zero-order valence-electron chi connectivity index (χ0n) is 12.1. The molecular weight excluding hydrogens is 258 g/mol. The van der Waals surface area contributed by atoms with E-state index in [0.29, 0.717) is 0 Å². The second-order valence-corrected chi connectivity index (χ2v) is 7.39. The van der Waals surface area contributed by atoms with Crippen LogP contribution >= 0.6 is 11.8 Å². The number of carbonyl (C=O) groups is 1. The SMILES string of the molecule is CC1CCCC2(CSC(=NC(C(N)=O)C(C)C)N2)C1. The number of nitrogens with zero attached hydrogens (tertiary/aromatic N) is 1. The van der Waals surface area contributed by atoms with Gasteiger partial charge in [-0.1, -0.05) is 45.4 Å². The van der Waals surface area contributed by atoms with Crippen LogP contribution in [0, 0.1) is 11.8 Å². The Labute approximate surface area is 120 Å². The zero-order valence-corrected chi connectivity index (χ0v) is 12.9. The van der Waals surface area contributed by atoms with Crippen molar-refractivity contribution in [1.82, 2.24) is 5.32 Å². The molecule has 1 amide bonds. The summed E-state index contributed by atoms with van der Waals surface area (Å²) in [5.74, 6) is 1.66. The van der Waals surface area contributed by atoms with Gasteiger partial charge in [-0.15, -0.1) is 0 Å². The molecule has 2 fully saturated rings. The molecule has 19 heavy (non-hydrogen) atoms. The standard InChI is InChI=1S/C14H25N3OS/c1-9(2)11(12(15)18)16-13-17-14(8-19-13)6-4-5-10(3)7-14/h9-11H,4-8H2,1-3H3,(H2,15,18)(H,16,17). The van der Waals surface area contributed by atoms with Gasteiger partial charge in [-0.3, -0.25) is 4.79 Å². The normalized spacial score (nSPS) is 34.7. The third kappa shape index (κ3) is 3.44. The number of primary amides is 1. The highest BCUT2D eigenvalue weighted by molar-refractivity contribution is 8.14. The van der Waals surface area contributed by atoms with Crippen LogP contribution in [0.4, 0.5) is 0 Å². The largest absolute Gasteiger partial charge is 0.368 e. The topological polar surface area (TPSA) is 67.5 Å². The molecule has 1 aliphatic carbocycles. The lowest BCUT2D eigenvalue weighted by molar-refractivity contribution is -0.120. The Balaban J connectivity index is 2.06. The smallest absolute Gasteiger partial charge is 0.242 e. The summed E-state index contributed by atoms with van der Waals surface area (Å²) in [6.45, 7) is 6.29. The number of hydrogen-bond donors (Lipinski definition) is 2. The average Bonchev–Trinajstić information content (AvgIpc) is 2.68. The fourth-order valence-electron chi connectivity index (χ4n) is 3.15. The number of nitrogens with two attached hydrogens (primary N) is 1. The molecule has 2 aliphatic rings. The second-order valence-electron chi connectivity index (χ2n) is 6.42. The summed E-state index contributed by atoms with van der Waals surface area (Å²) in [6.07, 6.45) is 5.04. The summed E-state index contributed by atoms with van der Waals surface area (Å²) in [5.41, 5.74) is 5.63. The second kappa shape index (κ2) is 5.73. The highest BCUT2D eigenvalue weighted by Crippen LogP contribution is 2.38. The van der Waals surface area contributed by atoms with Crippen LogP contribution < -0.4 is 11.1 Å². The van der Waals surface area contributed by atoms with Gasteiger partial charge in [-0.25, -0.2) is 4.99 Å². The Morgan fingerprint density at radius 3 is 2.89 bits per heavy atom. The highest BCUT2D eigenvalue weighted by Gasteiger charge is 2.40. The number of aliphatic imine (C=N–C) groups is 1. The third-order valence-electron chi connectivity index (χ3n) is 4.13. The lowest BCUT2D eigenvalue weighted by atomic mass is 9.78. The molecule has 3 N–H and O–H groups in total. The minimum atomic E-state index is -0.411. The summed E-state index contributed by atoms with van der Waals surface area (Å²) >= 11 is 1.74. The predicted octanol–water partition coefficient (Wildman–Crippen LogP) is 2.14. The molecule has 108 valence electrons. The number of thioether (sulfide) groups is 1. The van der Waals surface area contributed by atoms with Crippen molar-refractivity contribution >= 4 is 22.8 Å². The molecule has 1 saturated heterocycles. The molecule has 0 bridgehead atoms. The van der Waals surface area contributed by atoms with Crippen molar-refractivity contribution in [1.29, 1.82) is 0 Å². The van der Waals surface area contributed by atoms with Crippen molar-refractivity contribution < 1.29 is 4.79 Å². The molecular formula is C14H25N3OS. The van der Waals surface area contributed by atoms with Crippen molar-refractivity contribution in [2.45, 2.75) is 58.0 Å². The monoisotopic (exact) mass is 283 g/mol. The lowest BCUT2D eigenvalue weighted by Gasteiger charge is -2.36. The average molecular weight is 283 g/mol. The first-order valence-electron chi connectivity index (χ1n) is 7.20. The van der Waals surface area contributed by atoms with Gasteiger partial charge in [0.25, 0.3) is 0 Å². The van der Waals surface area contributed by atoms with E-state index >= 15 is 0 Å². The molecule has 0 aromatic heterocycles. The summed E-state index contributed by atoms with van der Waals surface area (Å²) in [7, 11) is 0. The van der Waals surface area contributed by atoms with Crippen molar-refractivity contribution in [3.05, 3.63) is 0 Å². The molecule has 3 unspecified atom stereocenters. The van der Waals surface area contributed by atoms with E-state index in [2.05, 4.69) is 17.2 Å². The van der Waals surface area contributed by atoms with Crippen LogP contribution in [0.3, 0.4) is 0 Å². The van der Waals surface area contributed by atoms with Gasteiger partial charge < -0.3 is 11.1 Å². The molecule has 1 heterocycles. The van der Waals surface area contributed by atoms with Crippen molar-refractivity contribution in [3.63, 3.8) is 0 Å². The number of rotatable bonds is 3. The number of carbonyl (C=O) groups excluding carboxylic acids is 1. The van der Waals surface area contributed by atoms with Crippen LogP contribution in [0.5, 0.6) is 0 Å². The molecule has 3 atom stereocenters. The molecule has 2 rings (SSSR count). The molecule has 5 heteroatoms. The fraction of sp³-hybridized carbons (Fsp3) is 0.857. The van der Waals surface area contributed by atoms with Crippen LogP contribution in [-0.2, 0) is 4.79 Å². The van der Waals surface area contributed by atoms with Crippen molar-refractivity contribution in [3.8, 4) is 0 Å². The van der Waals surface area contributed by atoms with E-state index in [4.69, 9.17) is 5.73 Å². The van der Waals surface area contributed by atoms with Crippen LogP contribution in [0.1, 0.15) is 46.5 Å². The minimum Gasteiger partial charge on any atom is -0.368 e. The van der Waals surface area contributed by atoms with E-state index in [1.54, 1.807) is 11.8 Å². The summed E-state index contributed by atoms with van der Waals surface area (Å²) in [5, 5.41) is 4.49. The first kappa shape index (κ1) is 14.7. The van der Waals surface area contributed by atoms with Crippen molar-refractivity contribution in [2.75, 3.05) is 5.75 Å². The van der Waals surface area contributed by atoms with Crippen LogP contribution in [0.15, 0.2) is 4.99 Å². The van der Waals surface area contributed by atoms with Gasteiger partial charge in [0.05, 0.1) is 0 Å². The highest BCUT2D eigenvalue weighted by atomic mass is 32.2. The molecule has 1 aliphatic heterocycles. The Morgan fingerprint density at radius 1 is 1.58 bits per heavy atom. The van der Waals surface area contributed by atoms with Gasteiger partial charge in [0, 0.05) is 11.3 Å². The van der Waals surface area contributed by atoms with E-state index in [1.807, 2.05) is 13.8 Å². The van der Waals surface area contributed by atoms with Gasteiger partial charge in [0.2, 0.25) is 5.91 Å². The minimum absolute atomic E-state index is 0.147. The summed E-state index contributed by atoms with van der Waals surface area (Å²) < 4.78 is 0. The Kier molecular flexibility index (Phi) is 4.43. The van der Waals surface area contributed by atoms with Crippen molar-refractivity contribution in [2.24, 2.45) is 22.6 Å². The maximum absolute atomic E-state index is 11.4. The quantitative estimate of drug-likeness (QED) is 0.834. The van der Waals surface area contributed by atoms with Gasteiger partial charge in [-0.05, 0) is 24.7 Å². The number of amides is 1. The summed E-state index contributed by atoms with van der Waals surface area (Å²) in [4.78, 5) is 16.0.